The van der Waals surface area contributed by atoms with Crippen molar-refractivity contribution in [3.8, 4) is 0 Å². The van der Waals surface area contributed by atoms with Crippen molar-refractivity contribution in [2.24, 2.45) is 0 Å². The third-order valence-corrected chi connectivity index (χ3v) is 7.69. The molecular formula is C29H42N6O2. The van der Waals surface area contributed by atoms with Crippen molar-refractivity contribution in [2.75, 3.05) is 5.32 Å². The minimum Gasteiger partial charge on any atom is -0.367 e. The molecule has 1 amide bonds. The maximum absolute atomic E-state index is 13.6. The van der Waals surface area contributed by atoms with Crippen LogP contribution in [-0.4, -0.2) is 39.2 Å². The number of nitrogens with zero attached hydrogens (tertiary/aromatic N) is 1. The number of anilines is 1. The van der Waals surface area contributed by atoms with E-state index < -0.39 is 0 Å². The number of aryl methyl sites for hydroxylation is 2. The van der Waals surface area contributed by atoms with E-state index in [0.717, 1.165) is 42.6 Å². The van der Waals surface area contributed by atoms with Crippen molar-refractivity contribution in [1.82, 2.24) is 20.6 Å². The minimum absolute atomic E-state index is 0.0697. The van der Waals surface area contributed by atoms with Gasteiger partial charge in [-0.2, -0.15) is 0 Å². The molecule has 1 saturated heterocycles. The second-order valence-electron chi connectivity index (χ2n) is 12.3. The number of carbonyl (C=O) groups excluding carboxylic acids is 1. The Morgan fingerprint density at radius 2 is 1.78 bits per heavy atom. The van der Waals surface area contributed by atoms with E-state index in [1.54, 1.807) is 0 Å². The molecule has 0 radical (unpaired) electrons. The highest BCUT2D eigenvalue weighted by molar-refractivity contribution is 6.04. The van der Waals surface area contributed by atoms with Crippen molar-refractivity contribution in [1.29, 1.82) is 5.41 Å². The summed E-state index contributed by atoms with van der Waals surface area (Å²) in [4.78, 5) is 33.9. The number of carbonyl (C=O) groups is 1. The zero-order valence-corrected chi connectivity index (χ0v) is 23.1. The van der Waals surface area contributed by atoms with Gasteiger partial charge in [0.15, 0.2) is 0 Å². The van der Waals surface area contributed by atoms with Crippen molar-refractivity contribution < 1.29 is 4.79 Å². The first-order valence-electron chi connectivity index (χ1n) is 13.5. The van der Waals surface area contributed by atoms with Crippen LogP contribution in [0.2, 0.25) is 0 Å². The van der Waals surface area contributed by atoms with Gasteiger partial charge in [0.1, 0.15) is 5.82 Å². The lowest BCUT2D eigenvalue weighted by Crippen LogP contribution is -2.57. The van der Waals surface area contributed by atoms with Crippen molar-refractivity contribution in [2.45, 2.75) is 110 Å². The zero-order valence-electron chi connectivity index (χ0n) is 23.1. The molecule has 2 fully saturated rings. The average Bonchev–Trinajstić information content (AvgIpc) is 3.28. The number of hydrogen-bond donors (Lipinski definition) is 5. The van der Waals surface area contributed by atoms with Gasteiger partial charge in [0.05, 0.1) is 5.56 Å². The van der Waals surface area contributed by atoms with E-state index >= 15 is 0 Å². The zero-order chi connectivity index (χ0) is 27.0. The van der Waals surface area contributed by atoms with Crippen LogP contribution in [0.4, 0.5) is 5.82 Å². The summed E-state index contributed by atoms with van der Waals surface area (Å²) in [5, 5.41) is 18.4. The number of H-pyrrole nitrogens is 1. The fourth-order valence-corrected chi connectivity index (χ4v) is 6.39. The maximum atomic E-state index is 13.6. The summed E-state index contributed by atoms with van der Waals surface area (Å²) >= 11 is 0. The number of pyridine rings is 2. The molecule has 1 saturated carbocycles. The van der Waals surface area contributed by atoms with Gasteiger partial charge >= 0.3 is 0 Å². The SMILES string of the molecule is Cc1cc(C)c(CNC(=O)c2cc(C3CC(C)(C)NC(C)(C)C3)nc(NC3CCCC3)c2C=N)c(=O)[nH]1. The van der Waals surface area contributed by atoms with Crippen molar-refractivity contribution >= 4 is 17.9 Å². The highest BCUT2D eigenvalue weighted by Crippen LogP contribution is 2.39. The molecule has 2 aromatic heterocycles. The topological polar surface area (TPSA) is 123 Å². The Morgan fingerprint density at radius 1 is 1.14 bits per heavy atom. The van der Waals surface area contributed by atoms with Crippen LogP contribution in [0.1, 0.15) is 111 Å². The second-order valence-corrected chi connectivity index (χ2v) is 12.3. The third-order valence-electron chi connectivity index (χ3n) is 7.69. The lowest BCUT2D eigenvalue weighted by Gasteiger charge is -2.46. The molecule has 3 heterocycles. The smallest absolute Gasteiger partial charge is 0.253 e. The van der Waals surface area contributed by atoms with E-state index in [-0.39, 0.29) is 35.0 Å². The van der Waals surface area contributed by atoms with Crippen LogP contribution < -0.4 is 21.5 Å². The van der Waals surface area contributed by atoms with Gasteiger partial charge in [0, 0.05) is 58.3 Å². The molecule has 2 aliphatic rings. The van der Waals surface area contributed by atoms with Gasteiger partial charge in [-0.15, -0.1) is 0 Å². The van der Waals surface area contributed by atoms with E-state index in [9.17, 15) is 9.59 Å². The molecule has 0 atom stereocenters. The summed E-state index contributed by atoms with van der Waals surface area (Å²) in [6, 6.07) is 4.07. The quantitative estimate of drug-likeness (QED) is 0.349. The van der Waals surface area contributed by atoms with Gasteiger partial charge in [-0.3, -0.25) is 9.59 Å². The predicted molar refractivity (Wildman–Crippen MR) is 149 cm³/mol. The highest BCUT2D eigenvalue weighted by atomic mass is 16.1. The van der Waals surface area contributed by atoms with Crippen LogP contribution >= 0.6 is 0 Å². The van der Waals surface area contributed by atoms with Gasteiger partial charge in [0.2, 0.25) is 0 Å². The highest BCUT2D eigenvalue weighted by Gasteiger charge is 2.39. The normalized spacial score (nSPS) is 19.5. The summed E-state index contributed by atoms with van der Waals surface area (Å²) in [5.74, 6) is 0.482. The van der Waals surface area contributed by atoms with E-state index in [2.05, 4.69) is 48.6 Å². The van der Waals surface area contributed by atoms with Gasteiger partial charge in [0.25, 0.3) is 11.5 Å². The Morgan fingerprint density at radius 3 is 2.38 bits per heavy atom. The molecule has 1 aliphatic heterocycles. The van der Waals surface area contributed by atoms with Crippen molar-refractivity contribution in [3.63, 3.8) is 0 Å². The number of aromatic nitrogens is 2. The molecule has 0 aromatic carbocycles. The lowest BCUT2D eigenvalue weighted by atomic mass is 9.74. The van der Waals surface area contributed by atoms with Crippen LogP contribution in [0, 0.1) is 19.3 Å². The molecule has 1 aliphatic carbocycles. The Bertz CT molecular complexity index is 1220. The molecule has 8 heteroatoms. The molecule has 0 unspecified atom stereocenters. The first-order valence-corrected chi connectivity index (χ1v) is 13.5. The van der Waals surface area contributed by atoms with Crippen LogP contribution in [-0.2, 0) is 6.54 Å². The summed E-state index contributed by atoms with van der Waals surface area (Å²) in [6.45, 7) is 12.7. The molecular weight excluding hydrogens is 464 g/mol. The summed E-state index contributed by atoms with van der Waals surface area (Å²) < 4.78 is 0. The Balaban J connectivity index is 1.71. The summed E-state index contributed by atoms with van der Waals surface area (Å²) in [7, 11) is 0. The van der Waals surface area contributed by atoms with Crippen LogP contribution in [0.15, 0.2) is 16.9 Å². The summed E-state index contributed by atoms with van der Waals surface area (Å²) in [5.41, 5.74) is 3.64. The van der Waals surface area contributed by atoms with E-state index in [1.807, 2.05) is 26.0 Å². The number of amides is 1. The van der Waals surface area contributed by atoms with Crippen molar-refractivity contribution in [3.05, 3.63) is 56.1 Å². The van der Waals surface area contributed by atoms with E-state index in [4.69, 9.17) is 10.4 Å². The molecule has 2 aromatic rings. The van der Waals surface area contributed by atoms with Gasteiger partial charge in [-0.1, -0.05) is 12.8 Å². The Hall–Kier alpha value is -3.00. The Kier molecular flexibility index (Phi) is 7.60. The lowest BCUT2D eigenvalue weighted by molar-refractivity contribution is 0.0950. The van der Waals surface area contributed by atoms with Crippen LogP contribution in [0.3, 0.4) is 0 Å². The fraction of sp³-hybridized carbons (Fsp3) is 0.586. The monoisotopic (exact) mass is 506 g/mol. The van der Waals surface area contributed by atoms with Crippen LogP contribution in [0.25, 0.3) is 0 Å². The average molecular weight is 507 g/mol. The third kappa shape index (κ3) is 6.29. The first-order chi connectivity index (χ1) is 17.4. The first kappa shape index (κ1) is 27.0. The van der Waals surface area contributed by atoms with Gasteiger partial charge in [-0.05, 0) is 84.9 Å². The molecule has 37 heavy (non-hydrogen) atoms. The molecule has 4 rings (SSSR count). The van der Waals surface area contributed by atoms with Crippen LogP contribution in [0.5, 0.6) is 0 Å². The van der Waals surface area contributed by atoms with Gasteiger partial charge < -0.3 is 26.3 Å². The van der Waals surface area contributed by atoms with Gasteiger partial charge in [-0.25, -0.2) is 4.98 Å². The number of piperidine rings is 1. The number of nitrogens with one attached hydrogen (secondary N) is 5. The molecule has 5 N–H and O–H groups in total. The largest absolute Gasteiger partial charge is 0.367 e. The standard InChI is InChI=1S/C29H42N6O2/c1-17-11-18(2)32-27(37)23(17)16-31-26(36)21-12-24(19-13-28(3,4)35-29(5,6)14-19)34-25(22(21)15-30)33-20-9-7-8-10-20/h11-12,15,19-20,30,35H,7-10,13-14,16H2,1-6H3,(H,31,36)(H,32,37)(H,33,34). The second kappa shape index (κ2) is 10.4. The Labute approximate surface area is 220 Å². The molecule has 0 bridgehead atoms. The predicted octanol–water partition coefficient (Wildman–Crippen LogP) is 4.69. The number of aromatic amines is 1. The molecule has 200 valence electrons. The maximum Gasteiger partial charge on any atom is 0.253 e. The number of hydrogen-bond acceptors (Lipinski definition) is 6. The fourth-order valence-electron chi connectivity index (χ4n) is 6.39. The number of rotatable bonds is 7. The summed E-state index contributed by atoms with van der Waals surface area (Å²) in [6.07, 6.45) is 7.49. The molecule has 0 spiro atoms. The van der Waals surface area contributed by atoms with E-state index in [1.165, 1.54) is 19.1 Å². The molecule has 8 nitrogen and oxygen atoms in total. The van der Waals surface area contributed by atoms with E-state index in [0.29, 0.717) is 28.6 Å². The minimum atomic E-state index is -0.302.